The quantitative estimate of drug-likeness (QED) is 0.470. The van der Waals surface area contributed by atoms with E-state index in [4.69, 9.17) is 16.3 Å². The number of benzene rings is 3. The Kier molecular flexibility index (Phi) is 5.18. The number of anilines is 1. The zero-order valence-electron chi connectivity index (χ0n) is 16.4. The van der Waals surface area contributed by atoms with Crippen LogP contribution in [0.5, 0.6) is 0 Å². The lowest BCUT2D eigenvalue weighted by Gasteiger charge is -2.34. The molecule has 0 spiro atoms. The third-order valence-corrected chi connectivity index (χ3v) is 5.91. The number of nitrogens with one attached hydrogen (secondary N) is 2. The molecule has 1 aromatic heterocycles. The molecule has 1 aliphatic rings. The van der Waals surface area contributed by atoms with E-state index in [2.05, 4.69) is 15.5 Å². The van der Waals surface area contributed by atoms with Gasteiger partial charge in [-0.15, -0.1) is 0 Å². The van der Waals surface area contributed by atoms with Crippen molar-refractivity contribution in [2.24, 2.45) is 0 Å². The average molecular weight is 436 g/mol. The highest BCUT2D eigenvalue weighted by Gasteiger charge is 2.35. The fourth-order valence-corrected chi connectivity index (χ4v) is 4.46. The Morgan fingerprint density at radius 1 is 1.06 bits per heavy atom. The van der Waals surface area contributed by atoms with Crippen molar-refractivity contribution in [2.45, 2.75) is 18.6 Å². The summed E-state index contributed by atoms with van der Waals surface area (Å²) in [6.07, 6.45) is 0. The van der Waals surface area contributed by atoms with Crippen molar-refractivity contribution < 1.29 is 9.13 Å². The molecule has 2 heterocycles. The summed E-state index contributed by atoms with van der Waals surface area (Å²) < 4.78 is 20.3. The number of aromatic nitrogens is 2. The van der Waals surface area contributed by atoms with Gasteiger partial charge in [-0.2, -0.15) is 5.10 Å². The third kappa shape index (κ3) is 3.69. The number of rotatable bonds is 5. The van der Waals surface area contributed by atoms with Crippen LogP contribution in [0, 0.1) is 5.82 Å². The Labute approximate surface area is 182 Å². The second-order valence-corrected chi connectivity index (χ2v) is 7.97. The van der Waals surface area contributed by atoms with E-state index < -0.39 is 11.4 Å². The van der Waals surface area contributed by atoms with Crippen LogP contribution in [0.3, 0.4) is 0 Å². The molecule has 2 N–H and O–H groups in total. The molecule has 3 aromatic carbocycles. The largest absolute Gasteiger partial charge is 0.378 e. The van der Waals surface area contributed by atoms with Crippen LogP contribution in [-0.2, 0) is 11.3 Å². The first-order valence-corrected chi connectivity index (χ1v) is 10.3. The summed E-state index contributed by atoms with van der Waals surface area (Å²) >= 11 is 6.54. The highest BCUT2D eigenvalue weighted by atomic mass is 35.5. The van der Waals surface area contributed by atoms with Crippen LogP contribution < -0.4 is 10.9 Å². The number of aromatic amines is 1. The predicted octanol–water partition coefficient (Wildman–Crippen LogP) is 4.86. The van der Waals surface area contributed by atoms with Crippen molar-refractivity contribution in [1.29, 1.82) is 0 Å². The molecule has 2 atom stereocenters. The minimum atomic E-state index is -0.488. The summed E-state index contributed by atoms with van der Waals surface area (Å²) in [7, 11) is 0. The molecule has 0 saturated carbocycles. The molecule has 5 nitrogen and oxygen atoms in total. The zero-order valence-corrected chi connectivity index (χ0v) is 17.2. The third-order valence-electron chi connectivity index (χ3n) is 5.57. The number of hydrogen-bond acceptors (Lipinski definition) is 4. The fraction of sp³-hybridized carbons (Fsp3) is 0.167. The topological polar surface area (TPSA) is 67.0 Å². The summed E-state index contributed by atoms with van der Waals surface area (Å²) in [6, 6.07) is 19.8. The first-order chi connectivity index (χ1) is 15.1. The van der Waals surface area contributed by atoms with Gasteiger partial charge in [0, 0.05) is 16.1 Å². The van der Waals surface area contributed by atoms with Crippen molar-refractivity contribution in [3.8, 4) is 0 Å². The Balaban J connectivity index is 1.58. The maximum Gasteiger partial charge on any atom is 0.272 e. The van der Waals surface area contributed by atoms with Crippen LogP contribution in [-0.4, -0.2) is 22.8 Å². The second kappa shape index (κ2) is 8.13. The second-order valence-electron chi connectivity index (χ2n) is 7.56. The Morgan fingerprint density at radius 2 is 1.84 bits per heavy atom. The monoisotopic (exact) mass is 435 g/mol. The summed E-state index contributed by atoms with van der Waals surface area (Å²) in [6.45, 7) is 0.780. The maximum atomic E-state index is 14.2. The molecule has 1 aliphatic heterocycles. The minimum absolute atomic E-state index is 0.258. The van der Waals surface area contributed by atoms with E-state index in [1.54, 1.807) is 0 Å². The SMILES string of the molecule is O=c1[nH]nc2c3c(cc(F)cc13)NC(COCc1ccccc1)C2c1ccccc1Cl. The fourth-order valence-electron chi connectivity index (χ4n) is 4.21. The standard InChI is InChI=1S/C24H19ClFN3O2/c25-18-9-5-4-8-16(18)21-20(13-31-12-14-6-2-1-3-7-14)27-19-11-15(26)10-17-22(19)23(21)28-29-24(17)30/h1-11,20-21,27H,12-13H2,(H,29,30). The summed E-state index contributed by atoms with van der Waals surface area (Å²) in [4.78, 5) is 12.3. The molecular weight excluding hydrogens is 417 g/mol. The van der Waals surface area contributed by atoms with Gasteiger partial charge in [0.15, 0.2) is 0 Å². The van der Waals surface area contributed by atoms with Crippen molar-refractivity contribution in [3.63, 3.8) is 0 Å². The van der Waals surface area contributed by atoms with E-state index in [1.165, 1.54) is 12.1 Å². The van der Waals surface area contributed by atoms with Crippen LogP contribution in [0.15, 0.2) is 71.5 Å². The number of halogens is 2. The molecule has 0 fully saturated rings. The van der Waals surface area contributed by atoms with Gasteiger partial charge < -0.3 is 10.1 Å². The molecule has 31 heavy (non-hydrogen) atoms. The first-order valence-electron chi connectivity index (χ1n) is 9.96. The highest BCUT2D eigenvalue weighted by molar-refractivity contribution is 6.31. The molecule has 7 heteroatoms. The van der Waals surface area contributed by atoms with Crippen LogP contribution in [0.4, 0.5) is 10.1 Å². The van der Waals surface area contributed by atoms with Crippen LogP contribution in [0.2, 0.25) is 5.02 Å². The van der Waals surface area contributed by atoms with E-state index in [9.17, 15) is 9.18 Å². The van der Waals surface area contributed by atoms with Crippen LogP contribution >= 0.6 is 11.6 Å². The van der Waals surface area contributed by atoms with E-state index in [0.717, 1.165) is 11.1 Å². The molecule has 2 unspecified atom stereocenters. The van der Waals surface area contributed by atoms with Crippen molar-refractivity contribution in [2.75, 3.05) is 11.9 Å². The molecule has 0 amide bonds. The minimum Gasteiger partial charge on any atom is -0.378 e. The van der Waals surface area contributed by atoms with Gasteiger partial charge in [0.2, 0.25) is 0 Å². The van der Waals surface area contributed by atoms with E-state index in [-0.39, 0.29) is 17.3 Å². The molecule has 5 rings (SSSR count). The van der Waals surface area contributed by atoms with E-state index in [0.29, 0.717) is 35.0 Å². The molecule has 156 valence electrons. The molecule has 0 saturated heterocycles. The molecule has 0 bridgehead atoms. The molecule has 0 radical (unpaired) electrons. The van der Waals surface area contributed by atoms with Crippen molar-refractivity contribution in [1.82, 2.24) is 10.2 Å². The molecule has 4 aromatic rings. The normalized spacial score (nSPS) is 17.5. The number of ether oxygens (including phenoxy) is 1. The first kappa shape index (κ1) is 19.7. The zero-order chi connectivity index (χ0) is 21.4. The lowest BCUT2D eigenvalue weighted by molar-refractivity contribution is 0.108. The van der Waals surface area contributed by atoms with Gasteiger partial charge in [0.1, 0.15) is 5.82 Å². The van der Waals surface area contributed by atoms with Crippen molar-refractivity contribution >= 4 is 28.1 Å². The van der Waals surface area contributed by atoms with Gasteiger partial charge in [-0.1, -0.05) is 60.1 Å². The Bertz CT molecular complexity index is 1310. The summed E-state index contributed by atoms with van der Waals surface area (Å²) in [5, 5.41) is 11.7. The lowest BCUT2D eigenvalue weighted by atomic mass is 9.83. The van der Waals surface area contributed by atoms with Gasteiger partial charge in [-0.05, 0) is 29.3 Å². The van der Waals surface area contributed by atoms with Crippen molar-refractivity contribution in [3.05, 3.63) is 105 Å². The number of nitrogens with zero attached hydrogens (tertiary/aromatic N) is 1. The maximum absolute atomic E-state index is 14.2. The smallest absolute Gasteiger partial charge is 0.272 e. The Hall–Kier alpha value is -3.22. The predicted molar refractivity (Wildman–Crippen MR) is 119 cm³/mol. The van der Waals surface area contributed by atoms with Crippen LogP contribution in [0.1, 0.15) is 22.7 Å². The summed E-state index contributed by atoms with van der Waals surface area (Å²) in [5.74, 6) is -0.778. The van der Waals surface area contributed by atoms with Gasteiger partial charge in [-0.25, -0.2) is 9.49 Å². The molecular formula is C24H19ClFN3O2. The van der Waals surface area contributed by atoms with E-state index in [1.807, 2.05) is 54.6 Å². The summed E-state index contributed by atoms with van der Waals surface area (Å²) in [5.41, 5.74) is 2.66. The average Bonchev–Trinajstić information content (AvgIpc) is 2.77. The van der Waals surface area contributed by atoms with Gasteiger partial charge in [-0.3, -0.25) is 4.79 Å². The van der Waals surface area contributed by atoms with Gasteiger partial charge >= 0.3 is 0 Å². The number of H-pyrrole nitrogens is 1. The number of hydrogen-bond donors (Lipinski definition) is 2. The van der Waals surface area contributed by atoms with E-state index >= 15 is 0 Å². The van der Waals surface area contributed by atoms with Crippen LogP contribution in [0.25, 0.3) is 10.8 Å². The van der Waals surface area contributed by atoms with Gasteiger partial charge in [0.25, 0.3) is 5.56 Å². The highest BCUT2D eigenvalue weighted by Crippen LogP contribution is 2.42. The lowest BCUT2D eigenvalue weighted by Crippen LogP contribution is -2.37. The molecule has 0 aliphatic carbocycles. The Morgan fingerprint density at radius 3 is 2.65 bits per heavy atom. The van der Waals surface area contributed by atoms with Gasteiger partial charge in [0.05, 0.1) is 36.3 Å².